The van der Waals surface area contributed by atoms with Crippen LogP contribution in [-0.4, -0.2) is 81.1 Å². The number of methoxy groups -OCH3 is 1. The molecule has 1 aliphatic rings. The second-order valence-electron chi connectivity index (χ2n) is 7.51. The zero-order chi connectivity index (χ0) is 20.5. The predicted octanol–water partition coefficient (Wildman–Crippen LogP) is 1.26. The summed E-state index contributed by atoms with van der Waals surface area (Å²) in [6.07, 6.45) is 0.908. The van der Waals surface area contributed by atoms with Gasteiger partial charge < -0.3 is 20.3 Å². The van der Waals surface area contributed by atoms with Crippen LogP contribution in [0.5, 0.6) is 5.75 Å². The second kappa shape index (κ2) is 10.9. The van der Waals surface area contributed by atoms with Crippen LogP contribution in [0.1, 0.15) is 25.0 Å². The van der Waals surface area contributed by atoms with E-state index in [2.05, 4.69) is 50.5 Å². The lowest BCUT2D eigenvalue weighted by Gasteiger charge is -2.36. The van der Waals surface area contributed by atoms with Crippen LogP contribution in [0.3, 0.4) is 0 Å². The highest BCUT2D eigenvalue weighted by atomic mass is 16.5. The van der Waals surface area contributed by atoms with Crippen LogP contribution >= 0.6 is 0 Å². The smallest absolute Gasteiger partial charge is 0.234 e. The van der Waals surface area contributed by atoms with Crippen molar-refractivity contribution in [2.45, 2.75) is 33.2 Å². The standard InChI is InChI=1S/C21H35N5O2/c1-16(2)24-20(27)15-25-10-12-26(13-11-25)21(22-4)23-9-8-18-7-6-17(3)19(14-18)28-5/h6-7,14,16H,8-13,15H2,1-5H3,(H,22,23)(H,24,27). The molecular formula is C21H35N5O2. The fourth-order valence-corrected chi connectivity index (χ4v) is 3.36. The number of hydrogen-bond donors (Lipinski definition) is 2. The number of nitrogens with zero attached hydrogens (tertiary/aromatic N) is 3. The van der Waals surface area contributed by atoms with Crippen LogP contribution in [0.2, 0.25) is 0 Å². The van der Waals surface area contributed by atoms with E-state index in [1.165, 1.54) is 5.56 Å². The molecule has 0 bridgehead atoms. The highest BCUT2D eigenvalue weighted by molar-refractivity contribution is 5.80. The van der Waals surface area contributed by atoms with E-state index in [4.69, 9.17) is 4.74 Å². The van der Waals surface area contributed by atoms with E-state index in [1.54, 1.807) is 7.11 Å². The van der Waals surface area contributed by atoms with Gasteiger partial charge in [0.1, 0.15) is 5.75 Å². The maximum absolute atomic E-state index is 11.9. The highest BCUT2D eigenvalue weighted by Crippen LogP contribution is 2.19. The maximum Gasteiger partial charge on any atom is 0.234 e. The fourth-order valence-electron chi connectivity index (χ4n) is 3.36. The molecule has 28 heavy (non-hydrogen) atoms. The molecule has 0 radical (unpaired) electrons. The van der Waals surface area contributed by atoms with Crippen molar-refractivity contribution in [3.8, 4) is 5.75 Å². The third-order valence-electron chi connectivity index (χ3n) is 4.87. The number of guanidine groups is 1. The number of ether oxygens (including phenoxy) is 1. The first-order chi connectivity index (χ1) is 13.4. The molecule has 1 aliphatic heterocycles. The summed E-state index contributed by atoms with van der Waals surface area (Å²) in [4.78, 5) is 20.8. The fraction of sp³-hybridized carbons (Fsp3) is 0.619. The van der Waals surface area contributed by atoms with Crippen molar-refractivity contribution in [3.63, 3.8) is 0 Å². The topological polar surface area (TPSA) is 69.2 Å². The molecule has 156 valence electrons. The minimum absolute atomic E-state index is 0.0967. The number of hydrogen-bond acceptors (Lipinski definition) is 4. The molecule has 2 rings (SSSR count). The zero-order valence-electron chi connectivity index (χ0n) is 17.9. The monoisotopic (exact) mass is 389 g/mol. The minimum atomic E-state index is 0.0967. The molecule has 1 saturated heterocycles. The van der Waals surface area contributed by atoms with Gasteiger partial charge in [-0.3, -0.25) is 14.7 Å². The molecule has 7 heteroatoms. The summed E-state index contributed by atoms with van der Waals surface area (Å²) < 4.78 is 5.40. The molecule has 0 unspecified atom stereocenters. The molecule has 0 aromatic heterocycles. The van der Waals surface area contributed by atoms with E-state index in [-0.39, 0.29) is 11.9 Å². The van der Waals surface area contributed by atoms with Crippen LogP contribution in [-0.2, 0) is 11.2 Å². The van der Waals surface area contributed by atoms with Crippen molar-refractivity contribution in [1.29, 1.82) is 0 Å². The van der Waals surface area contributed by atoms with Gasteiger partial charge in [-0.15, -0.1) is 0 Å². The van der Waals surface area contributed by atoms with Gasteiger partial charge in [-0.05, 0) is 44.4 Å². The number of carbonyl (C=O) groups is 1. The van der Waals surface area contributed by atoms with Crippen LogP contribution in [0.4, 0.5) is 0 Å². The molecule has 1 aromatic rings. The predicted molar refractivity (Wildman–Crippen MR) is 114 cm³/mol. The molecule has 7 nitrogen and oxygen atoms in total. The van der Waals surface area contributed by atoms with Gasteiger partial charge in [0.2, 0.25) is 5.91 Å². The average molecular weight is 390 g/mol. The lowest BCUT2D eigenvalue weighted by atomic mass is 10.1. The number of rotatable bonds is 7. The van der Waals surface area contributed by atoms with Gasteiger partial charge in [0.05, 0.1) is 13.7 Å². The van der Waals surface area contributed by atoms with Gasteiger partial charge in [-0.2, -0.15) is 0 Å². The van der Waals surface area contributed by atoms with Crippen molar-refractivity contribution >= 4 is 11.9 Å². The molecule has 0 aliphatic carbocycles. The molecule has 0 atom stereocenters. The van der Waals surface area contributed by atoms with Crippen LogP contribution in [0, 0.1) is 6.92 Å². The molecular weight excluding hydrogens is 354 g/mol. The Labute approximate surface area is 169 Å². The van der Waals surface area contributed by atoms with E-state index in [0.29, 0.717) is 6.54 Å². The number of aryl methyl sites for hydroxylation is 1. The summed E-state index contributed by atoms with van der Waals surface area (Å²) in [6.45, 7) is 10.8. The van der Waals surface area contributed by atoms with Crippen LogP contribution in [0.25, 0.3) is 0 Å². The van der Waals surface area contributed by atoms with E-state index < -0.39 is 0 Å². The van der Waals surface area contributed by atoms with Crippen molar-refractivity contribution in [3.05, 3.63) is 29.3 Å². The van der Waals surface area contributed by atoms with Gasteiger partial charge in [-0.25, -0.2) is 0 Å². The number of amides is 1. The van der Waals surface area contributed by atoms with E-state index in [9.17, 15) is 4.79 Å². The third kappa shape index (κ3) is 6.71. The summed E-state index contributed by atoms with van der Waals surface area (Å²) in [5.41, 5.74) is 2.39. The van der Waals surface area contributed by atoms with Crippen molar-refractivity contribution in [2.24, 2.45) is 4.99 Å². The third-order valence-corrected chi connectivity index (χ3v) is 4.87. The molecule has 0 spiro atoms. The van der Waals surface area contributed by atoms with Crippen molar-refractivity contribution in [1.82, 2.24) is 20.4 Å². The van der Waals surface area contributed by atoms with Gasteiger partial charge in [0, 0.05) is 45.8 Å². The van der Waals surface area contributed by atoms with Crippen LogP contribution in [0.15, 0.2) is 23.2 Å². The Bertz CT molecular complexity index is 667. The first kappa shape index (κ1) is 22.0. The van der Waals surface area contributed by atoms with Gasteiger partial charge in [0.15, 0.2) is 5.96 Å². The molecule has 1 heterocycles. The Morgan fingerprint density at radius 3 is 2.57 bits per heavy atom. The Hall–Kier alpha value is -2.28. The van der Waals surface area contributed by atoms with E-state index in [1.807, 2.05) is 20.9 Å². The summed E-state index contributed by atoms with van der Waals surface area (Å²) in [6, 6.07) is 6.52. The molecule has 1 amide bonds. The SMILES string of the molecule is CN=C(NCCc1ccc(C)c(OC)c1)N1CCN(CC(=O)NC(C)C)CC1. The molecule has 1 aromatic carbocycles. The van der Waals surface area contributed by atoms with Gasteiger partial charge in [0.25, 0.3) is 0 Å². The summed E-state index contributed by atoms with van der Waals surface area (Å²) in [7, 11) is 3.53. The second-order valence-corrected chi connectivity index (χ2v) is 7.51. The minimum Gasteiger partial charge on any atom is -0.496 e. The highest BCUT2D eigenvalue weighted by Gasteiger charge is 2.21. The Kier molecular flexibility index (Phi) is 8.57. The van der Waals surface area contributed by atoms with Crippen LogP contribution < -0.4 is 15.4 Å². The van der Waals surface area contributed by atoms with E-state index >= 15 is 0 Å². The first-order valence-electron chi connectivity index (χ1n) is 10.0. The average Bonchev–Trinajstić information content (AvgIpc) is 2.66. The summed E-state index contributed by atoms with van der Waals surface area (Å²) in [5, 5.41) is 6.41. The Morgan fingerprint density at radius 2 is 1.96 bits per heavy atom. The van der Waals surface area contributed by atoms with Gasteiger partial charge >= 0.3 is 0 Å². The number of piperazine rings is 1. The Morgan fingerprint density at radius 1 is 1.25 bits per heavy atom. The molecule has 0 saturated carbocycles. The lowest BCUT2D eigenvalue weighted by Crippen LogP contribution is -2.54. The number of benzene rings is 1. The number of carbonyl (C=O) groups excluding carboxylic acids is 1. The molecule has 1 fully saturated rings. The largest absolute Gasteiger partial charge is 0.496 e. The summed E-state index contributed by atoms with van der Waals surface area (Å²) >= 11 is 0. The normalized spacial score (nSPS) is 15.6. The molecule has 2 N–H and O–H groups in total. The quantitative estimate of drug-likeness (QED) is 0.543. The van der Waals surface area contributed by atoms with E-state index in [0.717, 1.165) is 56.4 Å². The van der Waals surface area contributed by atoms with Gasteiger partial charge in [-0.1, -0.05) is 12.1 Å². The Balaban J connectivity index is 1.76. The number of nitrogens with one attached hydrogen (secondary N) is 2. The summed E-state index contributed by atoms with van der Waals surface area (Å²) in [5.74, 6) is 1.95. The van der Waals surface area contributed by atoms with Crippen molar-refractivity contribution < 1.29 is 9.53 Å². The lowest BCUT2D eigenvalue weighted by molar-refractivity contribution is -0.123. The maximum atomic E-state index is 11.9. The zero-order valence-corrected chi connectivity index (χ0v) is 17.9. The van der Waals surface area contributed by atoms with Crippen molar-refractivity contribution in [2.75, 3.05) is 53.4 Å². The first-order valence-corrected chi connectivity index (χ1v) is 10.0. The number of aliphatic imine (C=N–C) groups is 1.